The molecule has 2 N–H and O–H groups in total. The Morgan fingerprint density at radius 3 is 2.85 bits per heavy atom. The minimum atomic E-state index is 0.671. The molecule has 1 heterocycles. The molecule has 2 nitrogen and oxygen atoms in total. The summed E-state index contributed by atoms with van der Waals surface area (Å²) in [5.41, 5.74) is 8.56. The summed E-state index contributed by atoms with van der Waals surface area (Å²) in [6, 6.07) is 0. The van der Waals surface area contributed by atoms with Crippen LogP contribution in [0.1, 0.15) is 47.8 Å². The van der Waals surface area contributed by atoms with Crippen molar-refractivity contribution in [1.29, 1.82) is 0 Å². The first-order valence-corrected chi connectivity index (χ1v) is 5.23. The third-order valence-corrected chi connectivity index (χ3v) is 3.21. The Balaban J connectivity index is 2.09. The molecular formula is C11H15NO. The summed E-state index contributed by atoms with van der Waals surface area (Å²) in [6.45, 7) is 0.671. The Morgan fingerprint density at radius 2 is 2.15 bits per heavy atom. The number of fused-ring (bicyclic) bond motifs is 1. The van der Waals surface area contributed by atoms with Crippen LogP contribution in [0.15, 0.2) is 4.42 Å². The molecule has 2 heteroatoms. The van der Waals surface area contributed by atoms with Gasteiger partial charge in [-0.1, -0.05) is 0 Å². The van der Waals surface area contributed by atoms with Crippen LogP contribution < -0.4 is 5.73 Å². The van der Waals surface area contributed by atoms with Crippen molar-refractivity contribution in [2.45, 2.75) is 44.6 Å². The van der Waals surface area contributed by atoms with E-state index >= 15 is 0 Å². The molecule has 2 aliphatic rings. The van der Waals surface area contributed by atoms with E-state index in [0.29, 0.717) is 12.5 Å². The third-order valence-electron chi connectivity index (χ3n) is 3.21. The van der Waals surface area contributed by atoms with Gasteiger partial charge in [-0.15, -0.1) is 0 Å². The Morgan fingerprint density at radius 1 is 1.31 bits per heavy atom. The fraction of sp³-hybridized carbons (Fsp3) is 0.636. The van der Waals surface area contributed by atoms with Crippen LogP contribution in [0.3, 0.4) is 0 Å². The van der Waals surface area contributed by atoms with Gasteiger partial charge in [0.15, 0.2) is 0 Å². The predicted molar refractivity (Wildman–Crippen MR) is 50.6 cm³/mol. The topological polar surface area (TPSA) is 39.2 Å². The van der Waals surface area contributed by atoms with E-state index in [1.165, 1.54) is 48.3 Å². The molecule has 0 radical (unpaired) electrons. The lowest BCUT2D eigenvalue weighted by Crippen LogP contribution is -2.00. The first kappa shape index (κ1) is 7.63. The normalized spacial score (nSPS) is 20.7. The highest BCUT2D eigenvalue weighted by Crippen LogP contribution is 2.45. The van der Waals surface area contributed by atoms with E-state index in [2.05, 4.69) is 0 Å². The van der Waals surface area contributed by atoms with Gasteiger partial charge in [-0.3, -0.25) is 0 Å². The van der Waals surface area contributed by atoms with Crippen LogP contribution in [-0.4, -0.2) is 0 Å². The summed E-state index contributed by atoms with van der Waals surface area (Å²) in [7, 11) is 0. The van der Waals surface area contributed by atoms with Gasteiger partial charge in [0.1, 0.15) is 11.5 Å². The largest absolute Gasteiger partial charge is 0.465 e. The summed E-state index contributed by atoms with van der Waals surface area (Å²) in [5.74, 6) is 3.18. The van der Waals surface area contributed by atoms with Gasteiger partial charge in [0.05, 0.1) is 0 Å². The molecule has 0 aliphatic heterocycles. The maximum atomic E-state index is 5.89. The zero-order chi connectivity index (χ0) is 8.84. The molecule has 1 fully saturated rings. The molecule has 3 rings (SSSR count). The van der Waals surface area contributed by atoms with Gasteiger partial charge >= 0.3 is 0 Å². The minimum absolute atomic E-state index is 0.671. The average Bonchev–Trinajstić information content (AvgIpc) is 2.76. The van der Waals surface area contributed by atoms with Crippen LogP contribution in [0.4, 0.5) is 0 Å². The summed E-state index contributed by atoms with van der Waals surface area (Å²) >= 11 is 0. The van der Waals surface area contributed by atoms with Crippen LogP contribution in [0, 0.1) is 0 Å². The second-order valence-electron chi connectivity index (χ2n) is 4.18. The monoisotopic (exact) mass is 177 g/mol. The Labute approximate surface area is 78.1 Å². The van der Waals surface area contributed by atoms with Crippen molar-refractivity contribution in [3.05, 3.63) is 22.6 Å². The number of furan rings is 1. The van der Waals surface area contributed by atoms with E-state index in [-0.39, 0.29) is 0 Å². The van der Waals surface area contributed by atoms with Crippen molar-refractivity contribution in [3.8, 4) is 0 Å². The van der Waals surface area contributed by atoms with E-state index in [1.807, 2.05) is 0 Å². The average molecular weight is 177 g/mol. The van der Waals surface area contributed by atoms with E-state index in [4.69, 9.17) is 10.2 Å². The zero-order valence-corrected chi connectivity index (χ0v) is 7.81. The molecule has 13 heavy (non-hydrogen) atoms. The molecule has 0 atom stereocenters. The second kappa shape index (κ2) is 2.61. The zero-order valence-electron chi connectivity index (χ0n) is 7.81. The van der Waals surface area contributed by atoms with Crippen molar-refractivity contribution >= 4 is 0 Å². The first-order valence-electron chi connectivity index (χ1n) is 5.23. The van der Waals surface area contributed by atoms with Gasteiger partial charge in [-0.25, -0.2) is 0 Å². The van der Waals surface area contributed by atoms with Crippen LogP contribution in [0.2, 0.25) is 0 Å². The molecule has 0 aromatic carbocycles. The summed E-state index contributed by atoms with van der Waals surface area (Å²) < 4.78 is 5.89. The van der Waals surface area contributed by atoms with Crippen molar-refractivity contribution in [2.75, 3.05) is 0 Å². The van der Waals surface area contributed by atoms with Crippen LogP contribution in [0.5, 0.6) is 0 Å². The fourth-order valence-corrected chi connectivity index (χ4v) is 2.39. The molecule has 1 aromatic rings. The van der Waals surface area contributed by atoms with Crippen molar-refractivity contribution in [1.82, 2.24) is 0 Å². The molecule has 0 saturated heterocycles. The Kier molecular flexibility index (Phi) is 1.53. The highest BCUT2D eigenvalue weighted by molar-refractivity contribution is 5.39. The first-order chi connectivity index (χ1) is 6.40. The lowest BCUT2D eigenvalue weighted by Gasteiger charge is -1.99. The number of aryl methyl sites for hydroxylation is 1. The van der Waals surface area contributed by atoms with Crippen LogP contribution in [-0.2, 0) is 19.4 Å². The molecule has 0 spiro atoms. The lowest BCUT2D eigenvalue weighted by molar-refractivity contribution is 0.467. The molecule has 1 aromatic heterocycles. The maximum absolute atomic E-state index is 5.89. The predicted octanol–water partition coefficient (Wildman–Crippen LogP) is 2.10. The van der Waals surface area contributed by atoms with Crippen LogP contribution >= 0.6 is 0 Å². The van der Waals surface area contributed by atoms with Gasteiger partial charge < -0.3 is 10.2 Å². The molecule has 0 bridgehead atoms. The van der Waals surface area contributed by atoms with Crippen molar-refractivity contribution < 1.29 is 4.42 Å². The Bertz CT molecular complexity index is 336. The third kappa shape index (κ3) is 1.05. The van der Waals surface area contributed by atoms with Crippen LogP contribution in [0.25, 0.3) is 0 Å². The number of hydrogen-bond donors (Lipinski definition) is 1. The van der Waals surface area contributed by atoms with E-state index in [0.717, 1.165) is 6.42 Å². The van der Waals surface area contributed by atoms with Gasteiger partial charge in [-0.05, 0) is 31.2 Å². The quantitative estimate of drug-likeness (QED) is 0.751. The molecule has 0 amide bonds. The summed E-state index contributed by atoms with van der Waals surface area (Å²) in [4.78, 5) is 0. The van der Waals surface area contributed by atoms with Crippen molar-refractivity contribution in [2.24, 2.45) is 5.73 Å². The molecule has 1 saturated carbocycles. The number of rotatable bonds is 2. The standard InChI is InChI=1S/C11H15NO/c12-6-9-8-2-1-3-10(8)13-11(9)7-4-5-7/h7H,1-6,12H2. The van der Waals surface area contributed by atoms with Gasteiger partial charge in [0.2, 0.25) is 0 Å². The smallest absolute Gasteiger partial charge is 0.112 e. The second-order valence-corrected chi connectivity index (χ2v) is 4.18. The molecule has 2 aliphatic carbocycles. The Hall–Kier alpha value is -0.760. The molecular weight excluding hydrogens is 162 g/mol. The van der Waals surface area contributed by atoms with E-state index in [1.54, 1.807) is 0 Å². The summed E-state index contributed by atoms with van der Waals surface area (Å²) in [5, 5.41) is 0. The SMILES string of the molecule is NCc1c(C2CC2)oc2c1CCC2. The highest BCUT2D eigenvalue weighted by Gasteiger charge is 2.33. The highest BCUT2D eigenvalue weighted by atomic mass is 16.3. The summed E-state index contributed by atoms with van der Waals surface area (Å²) in [6.07, 6.45) is 6.19. The van der Waals surface area contributed by atoms with E-state index < -0.39 is 0 Å². The van der Waals surface area contributed by atoms with Gasteiger partial charge in [-0.2, -0.15) is 0 Å². The molecule has 0 unspecified atom stereocenters. The van der Waals surface area contributed by atoms with E-state index in [9.17, 15) is 0 Å². The lowest BCUT2D eigenvalue weighted by atomic mass is 10.1. The number of hydrogen-bond acceptors (Lipinski definition) is 2. The van der Waals surface area contributed by atoms with Gasteiger partial charge in [0, 0.05) is 24.4 Å². The number of nitrogens with two attached hydrogens (primary N) is 1. The fourth-order valence-electron chi connectivity index (χ4n) is 2.39. The van der Waals surface area contributed by atoms with Crippen molar-refractivity contribution in [3.63, 3.8) is 0 Å². The van der Waals surface area contributed by atoms with Gasteiger partial charge in [0.25, 0.3) is 0 Å². The molecule has 70 valence electrons. The maximum Gasteiger partial charge on any atom is 0.112 e. The minimum Gasteiger partial charge on any atom is -0.465 e.